The molecule has 1 aromatic rings. The van der Waals surface area contributed by atoms with E-state index < -0.39 is 0 Å². The lowest BCUT2D eigenvalue weighted by Crippen LogP contribution is -2.24. The molecule has 0 atom stereocenters. The molecule has 0 spiro atoms. The van der Waals surface area contributed by atoms with Crippen LogP contribution < -0.4 is 4.74 Å². The van der Waals surface area contributed by atoms with Crippen LogP contribution in [0.1, 0.15) is 51.9 Å². The fourth-order valence-electron chi connectivity index (χ4n) is 1.13. The van der Waals surface area contributed by atoms with Crippen LogP contribution in [-0.4, -0.2) is 15.6 Å². The zero-order valence-corrected chi connectivity index (χ0v) is 11.5. The second kappa shape index (κ2) is 4.58. The van der Waals surface area contributed by atoms with E-state index in [1.165, 1.54) is 0 Å². The third kappa shape index (κ3) is 3.34. The summed E-state index contributed by atoms with van der Waals surface area (Å²) in [5.74, 6) is 1.53. The van der Waals surface area contributed by atoms with Gasteiger partial charge in [-0.25, -0.2) is 4.98 Å². The van der Waals surface area contributed by atoms with Crippen molar-refractivity contribution >= 4 is 11.6 Å². The maximum atomic E-state index is 6.06. The number of halogens is 1. The zero-order valence-electron chi connectivity index (χ0n) is 10.8. The van der Waals surface area contributed by atoms with Crippen molar-refractivity contribution in [3.8, 4) is 5.88 Å². The summed E-state index contributed by atoms with van der Waals surface area (Å²) >= 11 is 6.06. The van der Waals surface area contributed by atoms with Crippen LogP contribution in [0.25, 0.3) is 0 Å². The summed E-state index contributed by atoms with van der Waals surface area (Å²) in [6, 6.07) is 0. The van der Waals surface area contributed by atoms with Crippen molar-refractivity contribution in [3.05, 3.63) is 16.5 Å². The summed E-state index contributed by atoms with van der Waals surface area (Å²) in [7, 11) is 0. The van der Waals surface area contributed by atoms with Gasteiger partial charge in [0.2, 0.25) is 5.88 Å². The van der Waals surface area contributed by atoms with Gasteiger partial charge in [-0.2, -0.15) is 4.98 Å². The quantitative estimate of drug-likeness (QED) is 0.741. The first kappa shape index (κ1) is 13.2. The SMILES string of the molecule is Cc1c(Cl)nc(C(C)C)nc1OC(C)(C)C. The molecule has 16 heavy (non-hydrogen) atoms. The number of hydrogen-bond donors (Lipinski definition) is 0. The van der Waals surface area contributed by atoms with Crippen LogP contribution in [0.4, 0.5) is 0 Å². The monoisotopic (exact) mass is 242 g/mol. The number of ether oxygens (including phenoxy) is 1. The van der Waals surface area contributed by atoms with Crippen molar-refractivity contribution in [2.45, 2.75) is 53.1 Å². The van der Waals surface area contributed by atoms with Crippen LogP contribution in [0.3, 0.4) is 0 Å². The lowest BCUT2D eigenvalue weighted by atomic mass is 10.2. The molecule has 1 rings (SSSR count). The lowest BCUT2D eigenvalue weighted by Gasteiger charge is -2.22. The standard InChI is InChI=1S/C12H19ClN2O/c1-7(2)10-14-9(13)8(3)11(15-10)16-12(4,5)6/h7H,1-6H3. The molecule has 0 bridgehead atoms. The van der Waals surface area contributed by atoms with Crippen molar-refractivity contribution in [3.63, 3.8) is 0 Å². The molecular formula is C12H19ClN2O. The predicted molar refractivity (Wildman–Crippen MR) is 66.2 cm³/mol. The molecule has 0 amide bonds. The van der Waals surface area contributed by atoms with E-state index in [-0.39, 0.29) is 11.5 Å². The predicted octanol–water partition coefficient (Wildman–Crippen LogP) is 3.74. The molecule has 4 heteroatoms. The third-order valence-corrected chi connectivity index (χ3v) is 2.35. The highest BCUT2D eigenvalue weighted by Crippen LogP contribution is 2.27. The smallest absolute Gasteiger partial charge is 0.221 e. The Morgan fingerprint density at radius 3 is 2.19 bits per heavy atom. The maximum Gasteiger partial charge on any atom is 0.221 e. The molecule has 0 fully saturated rings. The molecule has 1 aromatic heterocycles. The fraction of sp³-hybridized carbons (Fsp3) is 0.667. The number of hydrogen-bond acceptors (Lipinski definition) is 3. The van der Waals surface area contributed by atoms with E-state index in [0.29, 0.717) is 11.0 Å². The van der Waals surface area contributed by atoms with Gasteiger partial charge < -0.3 is 4.74 Å². The van der Waals surface area contributed by atoms with E-state index in [1.54, 1.807) is 0 Å². The molecule has 0 aromatic carbocycles. The van der Waals surface area contributed by atoms with Crippen LogP contribution in [0.2, 0.25) is 5.15 Å². The number of rotatable bonds is 2. The molecule has 3 nitrogen and oxygen atoms in total. The number of aromatic nitrogens is 2. The average Bonchev–Trinajstić information content (AvgIpc) is 2.10. The Labute approximate surface area is 102 Å². The first-order valence-corrected chi connectivity index (χ1v) is 5.81. The van der Waals surface area contributed by atoms with Crippen molar-refractivity contribution in [2.24, 2.45) is 0 Å². The summed E-state index contributed by atoms with van der Waals surface area (Å²) in [6.45, 7) is 11.9. The Bertz CT molecular complexity index is 383. The lowest BCUT2D eigenvalue weighted by molar-refractivity contribution is 0.122. The summed E-state index contributed by atoms with van der Waals surface area (Å²) in [5.41, 5.74) is 0.512. The Kier molecular flexibility index (Phi) is 3.79. The largest absolute Gasteiger partial charge is 0.472 e. The normalized spacial score (nSPS) is 12.0. The molecular weight excluding hydrogens is 224 g/mol. The second-order valence-electron chi connectivity index (χ2n) is 5.17. The van der Waals surface area contributed by atoms with Crippen molar-refractivity contribution in [1.29, 1.82) is 0 Å². The molecule has 0 N–H and O–H groups in total. The Morgan fingerprint density at radius 1 is 1.19 bits per heavy atom. The maximum absolute atomic E-state index is 6.06. The van der Waals surface area contributed by atoms with Gasteiger partial charge in [0.1, 0.15) is 16.6 Å². The highest BCUT2D eigenvalue weighted by Gasteiger charge is 2.18. The van der Waals surface area contributed by atoms with E-state index in [0.717, 1.165) is 11.4 Å². The van der Waals surface area contributed by atoms with E-state index in [4.69, 9.17) is 16.3 Å². The minimum atomic E-state index is -0.281. The van der Waals surface area contributed by atoms with E-state index in [1.807, 2.05) is 41.5 Å². The second-order valence-corrected chi connectivity index (χ2v) is 5.53. The van der Waals surface area contributed by atoms with Crippen molar-refractivity contribution in [2.75, 3.05) is 0 Å². The van der Waals surface area contributed by atoms with Crippen LogP contribution in [0.5, 0.6) is 5.88 Å². The first-order chi connectivity index (χ1) is 7.20. The average molecular weight is 243 g/mol. The van der Waals surface area contributed by atoms with Crippen LogP contribution in [-0.2, 0) is 0 Å². The van der Waals surface area contributed by atoms with Gasteiger partial charge in [-0.3, -0.25) is 0 Å². The third-order valence-electron chi connectivity index (χ3n) is 1.98. The molecule has 0 saturated heterocycles. The van der Waals surface area contributed by atoms with Gasteiger partial charge in [0.05, 0.1) is 0 Å². The van der Waals surface area contributed by atoms with Gasteiger partial charge in [0, 0.05) is 11.5 Å². The Balaban J connectivity index is 3.17. The Morgan fingerprint density at radius 2 is 1.75 bits per heavy atom. The summed E-state index contributed by atoms with van der Waals surface area (Å²) in [4.78, 5) is 8.64. The Hall–Kier alpha value is -0.830. The van der Waals surface area contributed by atoms with Crippen LogP contribution in [0.15, 0.2) is 0 Å². The molecule has 0 aliphatic carbocycles. The molecule has 1 heterocycles. The van der Waals surface area contributed by atoms with Crippen molar-refractivity contribution < 1.29 is 4.74 Å². The molecule has 90 valence electrons. The minimum absolute atomic E-state index is 0.236. The summed E-state index contributed by atoms with van der Waals surface area (Å²) < 4.78 is 5.77. The van der Waals surface area contributed by atoms with Gasteiger partial charge in [0.15, 0.2) is 0 Å². The zero-order chi connectivity index (χ0) is 12.5. The van der Waals surface area contributed by atoms with Crippen LogP contribution in [0, 0.1) is 6.92 Å². The van der Waals surface area contributed by atoms with Gasteiger partial charge >= 0.3 is 0 Å². The van der Waals surface area contributed by atoms with Gasteiger partial charge in [-0.05, 0) is 27.7 Å². The van der Waals surface area contributed by atoms with Crippen molar-refractivity contribution in [1.82, 2.24) is 9.97 Å². The molecule has 0 aliphatic rings. The molecule has 0 saturated carbocycles. The number of nitrogens with zero attached hydrogens (tertiary/aromatic N) is 2. The molecule has 0 radical (unpaired) electrons. The van der Waals surface area contributed by atoms with Crippen LogP contribution >= 0.6 is 11.6 Å². The first-order valence-electron chi connectivity index (χ1n) is 5.44. The summed E-state index contributed by atoms with van der Waals surface area (Å²) in [6.07, 6.45) is 0. The molecule has 0 unspecified atom stereocenters. The van der Waals surface area contributed by atoms with Gasteiger partial charge in [-0.1, -0.05) is 25.4 Å². The topological polar surface area (TPSA) is 35.0 Å². The highest BCUT2D eigenvalue weighted by atomic mass is 35.5. The summed E-state index contributed by atoms with van der Waals surface area (Å²) in [5, 5.41) is 0.470. The van der Waals surface area contributed by atoms with E-state index in [2.05, 4.69) is 9.97 Å². The van der Waals surface area contributed by atoms with E-state index in [9.17, 15) is 0 Å². The van der Waals surface area contributed by atoms with Gasteiger partial charge in [-0.15, -0.1) is 0 Å². The fourth-order valence-corrected chi connectivity index (χ4v) is 1.30. The molecule has 0 aliphatic heterocycles. The minimum Gasteiger partial charge on any atom is -0.472 e. The highest BCUT2D eigenvalue weighted by molar-refractivity contribution is 6.30. The van der Waals surface area contributed by atoms with Gasteiger partial charge in [0.25, 0.3) is 0 Å². The van der Waals surface area contributed by atoms with E-state index >= 15 is 0 Å².